The highest BCUT2D eigenvalue weighted by atomic mass is 35.5. The van der Waals surface area contributed by atoms with Crippen LogP contribution in [0.1, 0.15) is 24.2 Å². The lowest BCUT2D eigenvalue weighted by molar-refractivity contribution is 0.481. The number of hydrogen-bond acceptors (Lipinski definition) is 2. The number of nitrogens with zero attached hydrogens (tertiary/aromatic N) is 1. The maximum absolute atomic E-state index is 14.0. The van der Waals surface area contributed by atoms with Crippen LogP contribution in [0.4, 0.5) is 8.78 Å². The van der Waals surface area contributed by atoms with Crippen molar-refractivity contribution in [2.75, 3.05) is 6.54 Å². The lowest BCUT2D eigenvalue weighted by Gasteiger charge is -2.19. The molecule has 1 aromatic carbocycles. The van der Waals surface area contributed by atoms with E-state index in [9.17, 15) is 8.78 Å². The van der Waals surface area contributed by atoms with Gasteiger partial charge >= 0.3 is 0 Å². The molecule has 1 heterocycles. The molecule has 1 unspecified atom stereocenters. The van der Waals surface area contributed by atoms with Gasteiger partial charge in [-0.05, 0) is 18.7 Å². The van der Waals surface area contributed by atoms with E-state index in [2.05, 4.69) is 10.3 Å². The summed E-state index contributed by atoms with van der Waals surface area (Å²) in [5, 5.41) is 3.73. The van der Waals surface area contributed by atoms with Gasteiger partial charge in [0.1, 0.15) is 0 Å². The molecule has 2 rings (SSSR count). The summed E-state index contributed by atoms with van der Waals surface area (Å²) in [5.41, 5.74) is 0.561. The molecule has 106 valence electrons. The first kappa shape index (κ1) is 15.2. The summed E-state index contributed by atoms with van der Waals surface area (Å²) in [6.45, 7) is 2.40. The van der Waals surface area contributed by atoms with Gasteiger partial charge in [0.05, 0.1) is 21.8 Å². The summed E-state index contributed by atoms with van der Waals surface area (Å²) in [6, 6.07) is 4.90. The van der Waals surface area contributed by atoms with Crippen LogP contribution in [0.3, 0.4) is 0 Å². The fourth-order valence-corrected chi connectivity index (χ4v) is 2.43. The van der Waals surface area contributed by atoms with Crippen LogP contribution in [0.5, 0.6) is 0 Å². The molecule has 0 saturated heterocycles. The fraction of sp³-hybridized carbons (Fsp3) is 0.214. The van der Waals surface area contributed by atoms with E-state index in [0.717, 1.165) is 6.07 Å². The summed E-state index contributed by atoms with van der Waals surface area (Å²) < 4.78 is 27.3. The van der Waals surface area contributed by atoms with Crippen LogP contribution in [0, 0.1) is 11.6 Å². The molecule has 2 aromatic rings. The molecule has 0 amide bonds. The largest absolute Gasteiger partial charge is 0.305 e. The Kier molecular flexibility index (Phi) is 4.91. The van der Waals surface area contributed by atoms with Crippen molar-refractivity contribution in [3.8, 4) is 0 Å². The molecule has 0 bridgehead atoms. The Bertz CT molecular complexity index is 620. The molecule has 0 saturated carbocycles. The van der Waals surface area contributed by atoms with Crippen LogP contribution in [0.2, 0.25) is 10.0 Å². The summed E-state index contributed by atoms with van der Waals surface area (Å²) in [6.07, 6.45) is 1.42. The second kappa shape index (κ2) is 6.48. The van der Waals surface area contributed by atoms with Crippen LogP contribution >= 0.6 is 23.2 Å². The Morgan fingerprint density at radius 2 is 2.05 bits per heavy atom. The summed E-state index contributed by atoms with van der Waals surface area (Å²) in [5.74, 6) is -1.82. The van der Waals surface area contributed by atoms with Gasteiger partial charge in [-0.1, -0.05) is 42.3 Å². The van der Waals surface area contributed by atoms with Crippen LogP contribution in [0.25, 0.3) is 0 Å². The molecule has 0 aliphatic heterocycles. The lowest BCUT2D eigenvalue weighted by atomic mass is 10.0. The molecule has 0 aliphatic carbocycles. The third-order valence-electron chi connectivity index (χ3n) is 2.81. The summed E-state index contributed by atoms with van der Waals surface area (Å²) in [4.78, 5) is 4.13. The van der Waals surface area contributed by atoms with Gasteiger partial charge < -0.3 is 5.32 Å². The highest BCUT2D eigenvalue weighted by Gasteiger charge is 2.22. The number of pyridine rings is 1. The Hall–Kier alpha value is -1.23. The standard InChI is InChI=1S/C14H12Cl2F2N2/c1-2-19-13(9-4-3-5-11(17)12(9)18)14-10(16)6-8(15)7-20-14/h3-7,13,19H,2H2,1H3. The van der Waals surface area contributed by atoms with E-state index in [-0.39, 0.29) is 5.56 Å². The number of nitrogens with one attached hydrogen (secondary N) is 1. The highest BCUT2D eigenvalue weighted by Crippen LogP contribution is 2.30. The van der Waals surface area contributed by atoms with Gasteiger partial charge in [-0.25, -0.2) is 8.78 Å². The predicted octanol–water partition coefficient (Wildman–Crippen LogP) is 4.37. The predicted molar refractivity (Wildman–Crippen MR) is 76.1 cm³/mol. The summed E-state index contributed by atoms with van der Waals surface area (Å²) in [7, 11) is 0. The van der Waals surface area contributed by atoms with Crippen LogP contribution in [-0.2, 0) is 0 Å². The molecule has 20 heavy (non-hydrogen) atoms. The van der Waals surface area contributed by atoms with E-state index in [1.54, 1.807) is 0 Å². The Balaban J connectivity index is 2.53. The topological polar surface area (TPSA) is 24.9 Å². The Morgan fingerprint density at radius 1 is 1.30 bits per heavy atom. The second-order valence-electron chi connectivity index (χ2n) is 4.15. The van der Waals surface area contributed by atoms with E-state index in [0.29, 0.717) is 22.3 Å². The molecule has 1 atom stereocenters. The minimum Gasteiger partial charge on any atom is -0.305 e. The quantitative estimate of drug-likeness (QED) is 0.906. The molecule has 0 fully saturated rings. The summed E-state index contributed by atoms with van der Waals surface area (Å²) >= 11 is 11.9. The van der Waals surface area contributed by atoms with Gasteiger partial charge in [0.15, 0.2) is 11.6 Å². The Morgan fingerprint density at radius 3 is 2.70 bits per heavy atom. The molecular formula is C14H12Cl2F2N2. The van der Waals surface area contributed by atoms with E-state index in [1.807, 2.05) is 6.92 Å². The van der Waals surface area contributed by atoms with Gasteiger partial charge in [0.2, 0.25) is 0 Å². The smallest absolute Gasteiger partial charge is 0.163 e. The number of aromatic nitrogens is 1. The fourth-order valence-electron chi connectivity index (χ4n) is 1.94. The molecule has 6 heteroatoms. The first-order valence-electron chi connectivity index (χ1n) is 6.02. The first-order valence-corrected chi connectivity index (χ1v) is 6.78. The average Bonchev–Trinajstić information content (AvgIpc) is 2.40. The number of hydrogen-bond donors (Lipinski definition) is 1. The van der Waals surface area contributed by atoms with E-state index >= 15 is 0 Å². The van der Waals surface area contributed by atoms with Gasteiger partial charge in [-0.2, -0.15) is 0 Å². The average molecular weight is 317 g/mol. The minimum atomic E-state index is -0.911. The van der Waals surface area contributed by atoms with E-state index in [1.165, 1.54) is 24.4 Å². The lowest BCUT2D eigenvalue weighted by Crippen LogP contribution is -2.24. The van der Waals surface area contributed by atoms with Gasteiger partial charge in [-0.3, -0.25) is 4.98 Å². The molecule has 1 aromatic heterocycles. The zero-order chi connectivity index (χ0) is 14.7. The zero-order valence-electron chi connectivity index (χ0n) is 10.6. The molecule has 0 aliphatic rings. The third kappa shape index (κ3) is 3.08. The zero-order valence-corrected chi connectivity index (χ0v) is 12.1. The maximum Gasteiger partial charge on any atom is 0.163 e. The van der Waals surface area contributed by atoms with Gasteiger partial charge in [-0.15, -0.1) is 0 Å². The maximum atomic E-state index is 14.0. The normalized spacial score (nSPS) is 12.4. The van der Waals surface area contributed by atoms with Crippen molar-refractivity contribution in [1.29, 1.82) is 0 Å². The number of rotatable bonds is 4. The molecule has 0 radical (unpaired) electrons. The second-order valence-corrected chi connectivity index (χ2v) is 5.00. The van der Waals surface area contributed by atoms with Crippen LogP contribution < -0.4 is 5.32 Å². The SMILES string of the molecule is CCNC(c1cccc(F)c1F)c1ncc(Cl)cc1Cl. The molecule has 1 N–H and O–H groups in total. The first-order chi connectivity index (χ1) is 9.54. The van der Waals surface area contributed by atoms with Crippen LogP contribution in [-0.4, -0.2) is 11.5 Å². The van der Waals surface area contributed by atoms with Crippen molar-refractivity contribution < 1.29 is 8.78 Å². The van der Waals surface area contributed by atoms with Gasteiger partial charge in [0.25, 0.3) is 0 Å². The number of halogens is 4. The molecule has 2 nitrogen and oxygen atoms in total. The van der Waals surface area contributed by atoms with E-state index in [4.69, 9.17) is 23.2 Å². The minimum absolute atomic E-state index is 0.156. The van der Waals surface area contributed by atoms with Crippen molar-refractivity contribution in [3.63, 3.8) is 0 Å². The van der Waals surface area contributed by atoms with Crippen molar-refractivity contribution in [2.24, 2.45) is 0 Å². The van der Waals surface area contributed by atoms with Crippen molar-refractivity contribution in [1.82, 2.24) is 10.3 Å². The van der Waals surface area contributed by atoms with Crippen molar-refractivity contribution in [2.45, 2.75) is 13.0 Å². The number of benzene rings is 1. The monoisotopic (exact) mass is 316 g/mol. The Labute approximate surface area is 125 Å². The molecule has 0 spiro atoms. The van der Waals surface area contributed by atoms with Crippen molar-refractivity contribution in [3.05, 3.63) is 63.4 Å². The van der Waals surface area contributed by atoms with Crippen molar-refractivity contribution >= 4 is 23.2 Å². The van der Waals surface area contributed by atoms with Crippen LogP contribution in [0.15, 0.2) is 30.5 Å². The van der Waals surface area contributed by atoms with Gasteiger partial charge in [0, 0.05) is 11.8 Å². The molecular weight excluding hydrogens is 305 g/mol. The third-order valence-corrected chi connectivity index (χ3v) is 3.32. The highest BCUT2D eigenvalue weighted by molar-refractivity contribution is 6.34. The van der Waals surface area contributed by atoms with E-state index < -0.39 is 17.7 Å².